The fraction of sp³-hybridized carbons (Fsp3) is 0.909. The molecule has 1 heterocycles. The highest BCUT2D eigenvalue weighted by Crippen LogP contribution is 2.31. The van der Waals surface area contributed by atoms with Crippen LogP contribution < -0.4 is 0 Å². The number of likely N-dealkylation sites (tertiary alicyclic amines) is 1. The van der Waals surface area contributed by atoms with Crippen molar-refractivity contribution in [1.82, 2.24) is 4.90 Å². The van der Waals surface area contributed by atoms with Gasteiger partial charge in [0.05, 0.1) is 5.92 Å². The van der Waals surface area contributed by atoms with E-state index in [-0.39, 0.29) is 12.0 Å². The lowest BCUT2D eigenvalue weighted by Crippen LogP contribution is -2.43. The molecule has 0 aromatic carbocycles. The number of rotatable bonds is 3. The van der Waals surface area contributed by atoms with Crippen molar-refractivity contribution in [2.75, 3.05) is 6.54 Å². The van der Waals surface area contributed by atoms with E-state index in [0.717, 1.165) is 13.0 Å². The zero-order valence-corrected chi connectivity index (χ0v) is 9.53. The minimum atomic E-state index is -0.633. The maximum Gasteiger partial charge on any atom is 0.308 e. The van der Waals surface area contributed by atoms with Crippen molar-refractivity contribution in [3.63, 3.8) is 0 Å². The van der Waals surface area contributed by atoms with E-state index in [2.05, 4.69) is 32.6 Å². The van der Waals surface area contributed by atoms with E-state index in [4.69, 9.17) is 5.11 Å². The summed E-state index contributed by atoms with van der Waals surface area (Å²) in [4.78, 5) is 13.4. The number of carbonyl (C=O) groups is 1. The third kappa shape index (κ3) is 2.08. The van der Waals surface area contributed by atoms with Crippen molar-refractivity contribution < 1.29 is 9.90 Å². The van der Waals surface area contributed by atoms with Gasteiger partial charge in [-0.3, -0.25) is 9.69 Å². The molecule has 1 fully saturated rings. The lowest BCUT2D eigenvalue weighted by atomic mass is 9.91. The van der Waals surface area contributed by atoms with E-state index >= 15 is 0 Å². The Morgan fingerprint density at radius 1 is 1.36 bits per heavy atom. The van der Waals surface area contributed by atoms with E-state index in [1.54, 1.807) is 0 Å². The Kier molecular flexibility index (Phi) is 3.53. The third-order valence-electron chi connectivity index (χ3n) is 3.16. The summed E-state index contributed by atoms with van der Waals surface area (Å²) < 4.78 is 0. The normalized spacial score (nSPS) is 29.0. The molecule has 1 N–H and O–H groups in total. The summed E-state index contributed by atoms with van der Waals surface area (Å²) in [5.74, 6) is -0.384. The Hall–Kier alpha value is -0.570. The first kappa shape index (κ1) is 11.5. The van der Waals surface area contributed by atoms with Crippen LogP contribution in [0.25, 0.3) is 0 Å². The van der Waals surface area contributed by atoms with Crippen LogP contribution in [0.2, 0.25) is 0 Å². The van der Waals surface area contributed by atoms with Crippen LogP contribution in [0.1, 0.15) is 34.1 Å². The standard InChI is InChI=1S/C11H21NO2/c1-7(2)10-9(11(13)14)5-6-12(10)8(3)4/h7-10H,5-6H2,1-4H3,(H,13,14). The number of nitrogens with zero attached hydrogens (tertiary/aromatic N) is 1. The second kappa shape index (κ2) is 4.30. The molecule has 0 aromatic rings. The van der Waals surface area contributed by atoms with Gasteiger partial charge in [-0.15, -0.1) is 0 Å². The molecule has 0 spiro atoms. The fourth-order valence-electron chi connectivity index (χ4n) is 2.56. The molecule has 0 aromatic heterocycles. The summed E-state index contributed by atoms with van der Waals surface area (Å²) in [6.45, 7) is 9.43. The van der Waals surface area contributed by atoms with Crippen LogP contribution >= 0.6 is 0 Å². The molecule has 82 valence electrons. The van der Waals surface area contributed by atoms with Crippen LogP contribution in [-0.2, 0) is 4.79 Å². The number of hydrogen-bond donors (Lipinski definition) is 1. The second-order valence-corrected chi connectivity index (χ2v) is 4.80. The minimum absolute atomic E-state index is 0.169. The predicted molar refractivity (Wildman–Crippen MR) is 56.2 cm³/mol. The lowest BCUT2D eigenvalue weighted by Gasteiger charge is -2.32. The molecule has 1 aliphatic rings. The monoisotopic (exact) mass is 199 g/mol. The molecule has 1 rings (SSSR count). The number of aliphatic carboxylic acids is 1. The maximum absolute atomic E-state index is 11.1. The molecule has 1 aliphatic heterocycles. The largest absolute Gasteiger partial charge is 0.481 e. The Labute approximate surface area is 86.1 Å². The van der Waals surface area contributed by atoms with E-state index in [1.165, 1.54) is 0 Å². The van der Waals surface area contributed by atoms with Crippen LogP contribution in [-0.4, -0.2) is 34.6 Å². The van der Waals surface area contributed by atoms with Gasteiger partial charge in [-0.25, -0.2) is 0 Å². The van der Waals surface area contributed by atoms with Gasteiger partial charge >= 0.3 is 5.97 Å². The van der Waals surface area contributed by atoms with Gasteiger partial charge in [-0.1, -0.05) is 13.8 Å². The predicted octanol–water partition coefficient (Wildman–Crippen LogP) is 1.83. The summed E-state index contributed by atoms with van der Waals surface area (Å²) in [5, 5.41) is 9.11. The molecular weight excluding hydrogens is 178 g/mol. The van der Waals surface area contributed by atoms with Crippen molar-refractivity contribution in [3.05, 3.63) is 0 Å². The first-order chi connectivity index (χ1) is 6.45. The number of carboxylic acids is 1. The topological polar surface area (TPSA) is 40.5 Å². The van der Waals surface area contributed by atoms with Gasteiger partial charge < -0.3 is 5.11 Å². The molecule has 3 nitrogen and oxygen atoms in total. The second-order valence-electron chi connectivity index (χ2n) is 4.80. The molecule has 2 unspecified atom stereocenters. The Balaban J connectivity index is 2.79. The lowest BCUT2D eigenvalue weighted by molar-refractivity contribution is -0.143. The van der Waals surface area contributed by atoms with Gasteiger partial charge in [0.1, 0.15) is 0 Å². The van der Waals surface area contributed by atoms with E-state index in [9.17, 15) is 4.79 Å². The fourth-order valence-corrected chi connectivity index (χ4v) is 2.56. The van der Waals surface area contributed by atoms with Crippen molar-refractivity contribution >= 4 is 5.97 Å². The molecule has 0 bridgehead atoms. The third-order valence-corrected chi connectivity index (χ3v) is 3.16. The van der Waals surface area contributed by atoms with Crippen LogP contribution in [0.5, 0.6) is 0 Å². The summed E-state index contributed by atoms with van der Waals surface area (Å²) in [6.07, 6.45) is 0.802. The first-order valence-electron chi connectivity index (χ1n) is 5.43. The van der Waals surface area contributed by atoms with Crippen LogP contribution in [0, 0.1) is 11.8 Å². The molecule has 0 radical (unpaired) electrons. The van der Waals surface area contributed by atoms with Crippen molar-refractivity contribution in [3.8, 4) is 0 Å². The van der Waals surface area contributed by atoms with Gasteiger partial charge in [0.2, 0.25) is 0 Å². The van der Waals surface area contributed by atoms with Crippen molar-refractivity contribution in [2.24, 2.45) is 11.8 Å². The van der Waals surface area contributed by atoms with E-state index in [0.29, 0.717) is 12.0 Å². The highest BCUT2D eigenvalue weighted by Gasteiger charge is 2.41. The zero-order valence-electron chi connectivity index (χ0n) is 9.53. The van der Waals surface area contributed by atoms with Crippen molar-refractivity contribution in [1.29, 1.82) is 0 Å². The quantitative estimate of drug-likeness (QED) is 0.753. The van der Waals surface area contributed by atoms with Gasteiger partial charge in [-0.05, 0) is 32.7 Å². The number of hydrogen-bond acceptors (Lipinski definition) is 2. The maximum atomic E-state index is 11.1. The van der Waals surface area contributed by atoms with Gasteiger partial charge in [0, 0.05) is 12.1 Å². The average Bonchev–Trinajstić information content (AvgIpc) is 2.46. The van der Waals surface area contributed by atoms with Crippen LogP contribution in [0.3, 0.4) is 0 Å². The molecule has 3 heteroatoms. The molecule has 0 saturated carbocycles. The summed E-state index contributed by atoms with van der Waals surface area (Å²) in [6, 6.07) is 0.666. The molecule has 0 aliphatic carbocycles. The molecular formula is C11H21NO2. The van der Waals surface area contributed by atoms with Crippen LogP contribution in [0.15, 0.2) is 0 Å². The van der Waals surface area contributed by atoms with Gasteiger partial charge in [0.25, 0.3) is 0 Å². The molecule has 2 atom stereocenters. The Bertz CT molecular complexity index is 213. The average molecular weight is 199 g/mol. The SMILES string of the molecule is CC(C)C1C(C(=O)O)CCN1C(C)C. The number of carboxylic acid groups (broad SMARTS) is 1. The summed E-state index contributed by atoms with van der Waals surface area (Å²) in [7, 11) is 0. The zero-order chi connectivity index (χ0) is 10.9. The summed E-state index contributed by atoms with van der Waals surface area (Å²) in [5.41, 5.74) is 0. The highest BCUT2D eigenvalue weighted by molar-refractivity contribution is 5.71. The highest BCUT2D eigenvalue weighted by atomic mass is 16.4. The Morgan fingerprint density at radius 2 is 1.93 bits per heavy atom. The van der Waals surface area contributed by atoms with Crippen molar-refractivity contribution in [2.45, 2.75) is 46.2 Å². The molecule has 14 heavy (non-hydrogen) atoms. The van der Waals surface area contributed by atoms with Gasteiger partial charge in [0.15, 0.2) is 0 Å². The van der Waals surface area contributed by atoms with E-state index in [1.807, 2.05) is 0 Å². The van der Waals surface area contributed by atoms with E-state index < -0.39 is 5.97 Å². The Morgan fingerprint density at radius 3 is 2.29 bits per heavy atom. The summed E-state index contributed by atoms with van der Waals surface area (Å²) >= 11 is 0. The smallest absolute Gasteiger partial charge is 0.308 e. The van der Waals surface area contributed by atoms with Crippen LogP contribution in [0.4, 0.5) is 0 Å². The molecule has 1 saturated heterocycles. The molecule has 0 amide bonds. The van der Waals surface area contributed by atoms with Gasteiger partial charge in [-0.2, -0.15) is 0 Å². The first-order valence-corrected chi connectivity index (χ1v) is 5.43. The minimum Gasteiger partial charge on any atom is -0.481 e.